The summed E-state index contributed by atoms with van der Waals surface area (Å²) >= 11 is 1.23. The number of anilines is 2. The normalized spacial score (nSPS) is 11.0. The molecule has 0 spiro atoms. The number of aromatic nitrogens is 3. The molecule has 3 rings (SSSR count). The highest BCUT2D eigenvalue weighted by molar-refractivity contribution is 7.22. The van der Waals surface area contributed by atoms with E-state index in [1.165, 1.54) is 23.7 Å². The Bertz CT molecular complexity index is 1050. The van der Waals surface area contributed by atoms with Crippen molar-refractivity contribution in [1.29, 1.82) is 0 Å². The number of rotatable bonds is 6. The number of benzene rings is 1. The van der Waals surface area contributed by atoms with E-state index in [4.69, 9.17) is 0 Å². The van der Waals surface area contributed by atoms with Crippen LogP contribution in [0.1, 0.15) is 13.8 Å². The monoisotopic (exact) mass is 393 g/mol. The van der Waals surface area contributed by atoms with Crippen molar-refractivity contribution < 1.29 is 13.6 Å². The first-order valence-electron chi connectivity index (χ1n) is 8.28. The quantitative estimate of drug-likeness (QED) is 0.696. The fraction of sp³-hybridized carbons (Fsp3) is 0.294. The number of amides is 1. The van der Waals surface area contributed by atoms with Gasteiger partial charge < -0.3 is 10.2 Å². The van der Waals surface area contributed by atoms with Crippen molar-refractivity contribution in [2.75, 3.05) is 23.3 Å². The van der Waals surface area contributed by atoms with Crippen molar-refractivity contribution in [3.8, 4) is 0 Å². The van der Waals surface area contributed by atoms with Gasteiger partial charge in [0, 0.05) is 24.8 Å². The number of halogens is 2. The summed E-state index contributed by atoms with van der Waals surface area (Å²) in [7, 11) is 0. The number of hydrogen-bond acceptors (Lipinski definition) is 6. The summed E-state index contributed by atoms with van der Waals surface area (Å²) in [5.41, 5.74) is 0.0584. The smallest absolute Gasteiger partial charge is 0.273 e. The van der Waals surface area contributed by atoms with Crippen molar-refractivity contribution in [3.05, 3.63) is 46.5 Å². The molecule has 142 valence electrons. The summed E-state index contributed by atoms with van der Waals surface area (Å²) in [6.45, 7) is 5.18. The number of carbonyl (C=O) groups is 1. The minimum absolute atomic E-state index is 0.0996. The van der Waals surface area contributed by atoms with Gasteiger partial charge in [0.05, 0.1) is 0 Å². The Hall–Kier alpha value is -2.88. The Morgan fingerprint density at radius 3 is 2.67 bits per heavy atom. The van der Waals surface area contributed by atoms with E-state index >= 15 is 0 Å². The van der Waals surface area contributed by atoms with Gasteiger partial charge in [-0.1, -0.05) is 11.3 Å². The second-order valence-corrected chi connectivity index (χ2v) is 6.65. The number of hydrogen-bond donors (Lipinski definition) is 1. The minimum Gasteiger partial charge on any atom is -0.349 e. The van der Waals surface area contributed by atoms with E-state index in [0.717, 1.165) is 29.8 Å². The highest BCUT2D eigenvalue weighted by Gasteiger charge is 2.15. The third-order valence-corrected chi connectivity index (χ3v) is 5.02. The Balaban J connectivity index is 1.82. The van der Waals surface area contributed by atoms with Crippen LogP contribution in [0.5, 0.6) is 0 Å². The van der Waals surface area contributed by atoms with Gasteiger partial charge in [0.2, 0.25) is 5.91 Å². The minimum atomic E-state index is -1.07. The molecule has 2 heterocycles. The van der Waals surface area contributed by atoms with Gasteiger partial charge in [0.15, 0.2) is 22.4 Å². The lowest BCUT2D eigenvalue weighted by Crippen LogP contribution is -2.27. The highest BCUT2D eigenvalue weighted by atomic mass is 32.1. The molecular weight excluding hydrogens is 376 g/mol. The molecule has 0 saturated heterocycles. The van der Waals surface area contributed by atoms with E-state index in [2.05, 4.69) is 15.3 Å². The number of nitrogens with zero attached hydrogens (tertiary/aromatic N) is 4. The van der Waals surface area contributed by atoms with E-state index in [1.54, 1.807) is 0 Å². The molecule has 1 aromatic carbocycles. The molecule has 0 aliphatic rings. The zero-order valence-corrected chi connectivity index (χ0v) is 15.5. The van der Waals surface area contributed by atoms with E-state index < -0.39 is 17.5 Å². The Morgan fingerprint density at radius 2 is 2.00 bits per heavy atom. The van der Waals surface area contributed by atoms with Gasteiger partial charge in [-0.25, -0.2) is 13.8 Å². The van der Waals surface area contributed by atoms with Gasteiger partial charge in [0.25, 0.3) is 5.56 Å². The van der Waals surface area contributed by atoms with E-state index in [-0.39, 0.29) is 17.8 Å². The number of carbonyl (C=O) groups excluding carboxylic acids is 1. The summed E-state index contributed by atoms with van der Waals surface area (Å²) in [6, 6.07) is 3.02. The largest absolute Gasteiger partial charge is 0.349 e. The second-order valence-electron chi connectivity index (χ2n) is 5.68. The molecule has 27 heavy (non-hydrogen) atoms. The lowest BCUT2D eigenvalue weighted by molar-refractivity contribution is -0.116. The molecule has 1 amide bonds. The first kappa shape index (κ1) is 18.9. The topological polar surface area (TPSA) is 80.1 Å². The maximum atomic E-state index is 13.2. The van der Waals surface area contributed by atoms with Gasteiger partial charge in [-0.05, 0) is 26.0 Å². The molecule has 0 atom stereocenters. The second kappa shape index (κ2) is 7.78. The van der Waals surface area contributed by atoms with Gasteiger partial charge in [-0.3, -0.25) is 14.2 Å². The van der Waals surface area contributed by atoms with Crippen LogP contribution in [-0.2, 0) is 11.3 Å². The van der Waals surface area contributed by atoms with Crippen LogP contribution in [0.3, 0.4) is 0 Å². The van der Waals surface area contributed by atoms with Crippen molar-refractivity contribution in [2.24, 2.45) is 0 Å². The van der Waals surface area contributed by atoms with Crippen LogP contribution in [-0.4, -0.2) is 33.5 Å². The molecule has 10 heteroatoms. The summed E-state index contributed by atoms with van der Waals surface area (Å²) in [5.74, 6) is -2.63. The highest BCUT2D eigenvalue weighted by Crippen LogP contribution is 2.24. The van der Waals surface area contributed by atoms with Crippen molar-refractivity contribution in [2.45, 2.75) is 20.4 Å². The average Bonchev–Trinajstić information content (AvgIpc) is 3.06. The van der Waals surface area contributed by atoms with Crippen LogP contribution in [0, 0.1) is 11.6 Å². The van der Waals surface area contributed by atoms with Crippen LogP contribution in [0.4, 0.5) is 19.6 Å². The van der Waals surface area contributed by atoms with E-state index in [9.17, 15) is 18.4 Å². The molecule has 0 aliphatic heterocycles. The van der Waals surface area contributed by atoms with Crippen LogP contribution in [0.2, 0.25) is 0 Å². The maximum absolute atomic E-state index is 13.2. The average molecular weight is 393 g/mol. The first-order chi connectivity index (χ1) is 12.9. The van der Waals surface area contributed by atoms with Gasteiger partial charge >= 0.3 is 0 Å². The number of nitrogens with one attached hydrogen (secondary N) is 1. The zero-order valence-electron chi connectivity index (χ0n) is 14.7. The third-order valence-electron chi connectivity index (χ3n) is 3.92. The Morgan fingerprint density at radius 1 is 1.26 bits per heavy atom. The molecule has 0 radical (unpaired) electrons. The standard InChI is InChI=1S/C17H17F2N5O2S/c1-3-23(4-2)17-22-15-14(27-17)16(26)24(9-20-15)8-13(25)21-10-5-6-11(18)12(19)7-10/h5-7,9H,3-4,8H2,1-2H3,(H,21,25). The molecule has 1 N–H and O–H groups in total. The molecule has 0 bridgehead atoms. The van der Waals surface area contributed by atoms with E-state index in [0.29, 0.717) is 15.5 Å². The first-order valence-corrected chi connectivity index (χ1v) is 9.10. The fourth-order valence-electron chi connectivity index (χ4n) is 2.51. The SMILES string of the molecule is CCN(CC)c1nc2ncn(CC(=O)Nc3ccc(F)c(F)c3)c(=O)c2s1. The maximum Gasteiger partial charge on any atom is 0.273 e. The summed E-state index contributed by atoms with van der Waals surface area (Å²) in [6.07, 6.45) is 1.25. The van der Waals surface area contributed by atoms with Crippen LogP contribution in [0.25, 0.3) is 10.3 Å². The molecule has 2 aromatic heterocycles. The molecule has 3 aromatic rings. The summed E-state index contributed by atoms with van der Waals surface area (Å²) in [5, 5.41) is 3.12. The van der Waals surface area contributed by atoms with Gasteiger partial charge in [-0.15, -0.1) is 0 Å². The van der Waals surface area contributed by atoms with E-state index in [1.807, 2.05) is 18.7 Å². The van der Waals surface area contributed by atoms with Crippen molar-refractivity contribution >= 4 is 38.4 Å². The molecule has 0 unspecified atom stereocenters. The number of thiazole rings is 1. The Labute approximate surface area is 157 Å². The molecule has 7 nitrogen and oxygen atoms in total. The molecule has 0 fully saturated rings. The van der Waals surface area contributed by atoms with Crippen LogP contribution in [0.15, 0.2) is 29.3 Å². The van der Waals surface area contributed by atoms with Crippen molar-refractivity contribution in [1.82, 2.24) is 14.5 Å². The predicted molar refractivity (Wildman–Crippen MR) is 100 cm³/mol. The molecule has 0 saturated carbocycles. The van der Waals surface area contributed by atoms with Crippen LogP contribution < -0.4 is 15.8 Å². The fourth-order valence-corrected chi connectivity index (χ4v) is 3.60. The molecular formula is C17H17F2N5O2S. The molecule has 0 aliphatic carbocycles. The van der Waals surface area contributed by atoms with Crippen LogP contribution >= 0.6 is 11.3 Å². The van der Waals surface area contributed by atoms with Gasteiger partial charge in [0.1, 0.15) is 17.6 Å². The summed E-state index contributed by atoms with van der Waals surface area (Å²) in [4.78, 5) is 35.3. The number of fused-ring (bicyclic) bond motifs is 1. The third kappa shape index (κ3) is 3.95. The lowest BCUT2D eigenvalue weighted by atomic mass is 10.3. The predicted octanol–water partition coefficient (Wildman–Crippen LogP) is 2.62. The van der Waals surface area contributed by atoms with Gasteiger partial charge in [-0.2, -0.15) is 4.98 Å². The Kier molecular flexibility index (Phi) is 5.45. The summed E-state index contributed by atoms with van der Waals surface area (Å²) < 4.78 is 27.7. The van der Waals surface area contributed by atoms with Crippen molar-refractivity contribution in [3.63, 3.8) is 0 Å². The zero-order chi connectivity index (χ0) is 19.6. The lowest BCUT2D eigenvalue weighted by Gasteiger charge is -2.15.